The van der Waals surface area contributed by atoms with Gasteiger partial charge in [0.2, 0.25) is 5.91 Å². The molecule has 116 valence electrons. The minimum atomic E-state index is -3.11. The Morgan fingerprint density at radius 3 is 2.45 bits per heavy atom. The summed E-state index contributed by atoms with van der Waals surface area (Å²) in [5.74, 6) is -1.57. The summed E-state index contributed by atoms with van der Waals surface area (Å²) in [6, 6.07) is -1.46. The third-order valence-electron chi connectivity index (χ3n) is 3.15. The van der Waals surface area contributed by atoms with E-state index in [1.54, 1.807) is 20.8 Å². The van der Waals surface area contributed by atoms with Crippen LogP contribution < -0.4 is 10.6 Å². The van der Waals surface area contributed by atoms with Crippen molar-refractivity contribution in [2.24, 2.45) is 5.41 Å². The molecule has 7 nitrogen and oxygen atoms in total. The van der Waals surface area contributed by atoms with Crippen molar-refractivity contribution in [3.8, 4) is 0 Å². The average Bonchev–Trinajstić information content (AvgIpc) is 2.22. The molecule has 1 aliphatic heterocycles. The first-order chi connectivity index (χ1) is 9.01. The molecule has 0 aromatic carbocycles. The van der Waals surface area contributed by atoms with E-state index in [1.165, 1.54) is 0 Å². The van der Waals surface area contributed by atoms with Gasteiger partial charge in [0.1, 0.15) is 6.04 Å². The molecule has 1 amide bonds. The highest BCUT2D eigenvalue weighted by atomic mass is 32.2. The topological polar surface area (TPSA) is 113 Å². The van der Waals surface area contributed by atoms with E-state index in [4.69, 9.17) is 5.11 Å². The summed E-state index contributed by atoms with van der Waals surface area (Å²) >= 11 is 0. The second kappa shape index (κ2) is 6.09. The molecule has 0 aromatic heterocycles. The second-order valence-electron chi connectivity index (χ2n) is 6.17. The van der Waals surface area contributed by atoms with Crippen LogP contribution in [-0.4, -0.2) is 55.5 Å². The Morgan fingerprint density at radius 2 is 2.00 bits per heavy atom. The number of amides is 1. The maximum Gasteiger partial charge on any atom is 0.326 e. The lowest BCUT2D eigenvalue weighted by atomic mass is 9.86. The summed E-state index contributed by atoms with van der Waals surface area (Å²) in [5, 5.41) is 14.5. The number of sulfone groups is 1. The number of carbonyl (C=O) groups excluding carboxylic acids is 1. The molecular formula is C12H22N2O5S. The molecule has 0 bridgehead atoms. The minimum Gasteiger partial charge on any atom is -0.480 e. The first-order valence-corrected chi connectivity index (χ1v) is 8.29. The van der Waals surface area contributed by atoms with Crippen molar-refractivity contribution in [2.45, 2.75) is 39.3 Å². The Hall–Kier alpha value is -1.15. The number of hydrogen-bond donors (Lipinski definition) is 3. The van der Waals surface area contributed by atoms with Gasteiger partial charge in [-0.05, 0) is 5.41 Å². The molecule has 0 spiro atoms. The highest BCUT2D eigenvalue weighted by Gasteiger charge is 2.33. The van der Waals surface area contributed by atoms with Gasteiger partial charge in [-0.25, -0.2) is 13.2 Å². The molecule has 1 saturated heterocycles. The molecule has 1 aliphatic rings. The van der Waals surface area contributed by atoms with Gasteiger partial charge < -0.3 is 15.7 Å². The summed E-state index contributed by atoms with van der Waals surface area (Å²) in [4.78, 5) is 23.0. The monoisotopic (exact) mass is 306 g/mol. The van der Waals surface area contributed by atoms with Crippen LogP contribution in [0.2, 0.25) is 0 Å². The van der Waals surface area contributed by atoms with Gasteiger partial charge in [-0.1, -0.05) is 20.8 Å². The van der Waals surface area contributed by atoms with Crippen molar-refractivity contribution in [3.63, 3.8) is 0 Å². The molecule has 1 fully saturated rings. The van der Waals surface area contributed by atoms with Gasteiger partial charge in [-0.15, -0.1) is 0 Å². The summed E-state index contributed by atoms with van der Waals surface area (Å²) in [7, 11) is -3.11. The Kier molecular flexibility index (Phi) is 5.15. The lowest BCUT2D eigenvalue weighted by Crippen LogP contribution is -2.52. The fourth-order valence-electron chi connectivity index (χ4n) is 2.09. The highest BCUT2D eigenvalue weighted by molar-refractivity contribution is 7.91. The molecule has 1 unspecified atom stereocenters. The first-order valence-electron chi connectivity index (χ1n) is 6.47. The largest absolute Gasteiger partial charge is 0.480 e. The van der Waals surface area contributed by atoms with Gasteiger partial charge in [0.25, 0.3) is 0 Å². The number of aliphatic carboxylic acids is 1. The summed E-state index contributed by atoms with van der Waals surface area (Å²) in [6.07, 6.45) is -0.0426. The van der Waals surface area contributed by atoms with Crippen LogP contribution in [0.25, 0.3) is 0 Å². The molecule has 3 N–H and O–H groups in total. The smallest absolute Gasteiger partial charge is 0.326 e. The summed E-state index contributed by atoms with van der Waals surface area (Å²) < 4.78 is 22.9. The molecule has 0 saturated carbocycles. The third-order valence-corrected chi connectivity index (χ3v) is 4.89. The van der Waals surface area contributed by atoms with Crippen LogP contribution in [0.4, 0.5) is 0 Å². The number of carbonyl (C=O) groups is 2. The number of carboxylic acids is 1. The van der Waals surface area contributed by atoms with E-state index < -0.39 is 39.2 Å². The molecule has 0 aliphatic carbocycles. The third kappa shape index (κ3) is 5.09. The zero-order valence-corrected chi connectivity index (χ0v) is 12.8. The molecule has 1 heterocycles. The second-order valence-corrected chi connectivity index (χ2v) is 8.40. The molecule has 2 atom stereocenters. The zero-order valence-electron chi connectivity index (χ0n) is 12.0. The van der Waals surface area contributed by atoms with Crippen LogP contribution in [0.1, 0.15) is 27.2 Å². The van der Waals surface area contributed by atoms with Crippen molar-refractivity contribution < 1.29 is 23.1 Å². The molecule has 0 radical (unpaired) electrons. The fourth-order valence-corrected chi connectivity index (χ4v) is 3.54. The maximum absolute atomic E-state index is 11.9. The van der Waals surface area contributed by atoms with Crippen LogP contribution in [-0.2, 0) is 19.4 Å². The standard InChI is InChI=1S/C12H22N2O5S/c1-12(2,3)10(11(16)17)14-9(15)6-8-7-20(18,19)5-4-13-8/h8,10,13H,4-7H2,1-3H3,(H,14,15)(H,16,17)/t8?,10-/m1/s1. The minimum absolute atomic E-state index is 0.0426. The van der Waals surface area contributed by atoms with E-state index in [0.717, 1.165) is 0 Å². The van der Waals surface area contributed by atoms with Crippen LogP contribution in [0.15, 0.2) is 0 Å². The predicted molar refractivity (Wildman–Crippen MR) is 74.1 cm³/mol. The van der Waals surface area contributed by atoms with Gasteiger partial charge in [0.05, 0.1) is 11.5 Å². The number of nitrogens with one attached hydrogen (secondary N) is 2. The Balaban J connectivity index is 2.61. The molecular weight excluding hydrogens is 284 g/mol. The van der Waals surface area contributed by atoms with Gasteiger partial charge >= 0.3 is 5.97 Å². The van der Waals surface area contributed by atoms with E-state index >= 15 is 0 Å². The van der Waals surface area contributed by atoms with Crippen LogP contribution in [0.5, 0.6) is 0 Å². The zero-order chi connectivity index (χ0) is 15.6. The quantitative estimate of drug-likeness (QED) is 0.638. The van der Waals surface area contributed by atoms with Crippen LogP contribution in [0, 0.1) is 5.41 Å². The maximum atomic E-state index is 11.9. The van der Waals surface area contributed by atoms with E-state index in [9.17, 15) is 18.0 Å². The average molecular weight is 306 g/mol. The van der Waals surface area contributed by atoms with Gasteiger partial charge in [0.15, 0.2) is 9.84 Å². The lowest BCUT2D eigenvalue weighted by Gasteiger charge is -2.29. The van der Waals surface area contributed by atoms with E-state index in [2.05, 4.69) is 10.6 Å². The lowest BCUT2D eigenvalue weighted by molar-refractivity contribution is -0.145. The van der Waals surface area contributed by atoms with E-state index in [1.807, 2.05) is 0 Å². The van der Waals surface area contributed by atoms with Crippen LogP contribution >= 0.6 is 0 Å². The van der Waals surface area contributed by atoms with Crippen molar-refractivity contribution >= 4 is 21.7 Å². The molecule has 0 aromatic rings. The van der Waals surface area contributed by atoms with E-state index in [-0.39, 0.29) is 17.9 Å². The molecule has 8 heteroatoms. The molecule has 1 rings (SSSR count). The normalized spacial score (nSPS) is 23.9. The van der Waals surface area contributed by atoms with Crippen molar-refractivity contribution in [1.82, 2.24) is 10.6 Å². The summed E-state index contributed by atoms with van der Waals surface area (Å²) in [5.41, 5.74) is -0.617. The highest BCUT2D eigenvalue weighted by Crippen LogP contribution is 2.19. The van der Waals surface area contributed by atoms with E-state index in [0.29, 0.717) is 6.54 Å². The fraction of sp³-hybridized carbons (Fsp3) is 0.833. The van der Waals surface area contributed by atoms with Crippen molar-refractivity contribution in [1.29, 1.82) is 0 Å². The molecule has 20 heavy (non-hydrogen) atoms. The number of rotatable bonds is 4. The van der Waals surface area contributed by atoms with Crippen LogP contribution in [0.3, 0.4) is 0 Å². The van der Waals surface area contributed by atoms with Crippen molar-refractivity contribution in [3.05, 3.63) is 0 Å². The Bertz CT molecular complexity index is 481. The number of carboxylic acid groups (broad SMARTS) is 1. The number of hydrogen-bond acceptors (Lipinski definition) is 5. The van der Waals surface area contributed by atoms with Gasteiger partial charge in [-0.2, -0.15) is 0 Å². The van der Waals surface area contributed by atoms with Gasteiger partial charge in [0, 0.05) is 19.0 Å². The Labute approximate surface area is 119 Å². The van der Waals surface area contributed by atoms with Crippen molar-refractivity contribution in [2.75, 3.05) is 18.1 Å². The SMILES string of the molecule is CC(C)(C)[C@H](NC(=O)CC1CS(=O)(=O)CCN1)C(=O)O. The first kappa shape index (κ1) is 16.9. The Morgan fingerprint density at radius 1 is 1.40 bits per heavy atom. The summed E-state index contributed by atoms with van der Waals surface area (Å²) in [6.45, 7) is 5.47. The predicted octanol–water partition coefficient (Wildman–Crippen LogP) is -0.621. The van der Waals surface area contributed by atoms with Gasteiger partial charge in [-0.3, -0.25) is 4.79 Å².